The van der Waals surface area contributed by atoms with Crippen LogP contribution in [0.3, 0.4) is 0 Å². The monoisotopic (exact) mass is 720 g/mol. The molecule has 3 N–H and O–H groups in total. The first-order valence-electron chi connectivity index (χ1n) is 11.2. The fourth-order valence-corrected chi connectivity index (χ4v) is 4.99. The van der Waals surface area contributed by atoms with Gasteiger partial charge in [-0.1, -0.05) is 48.5 Å². The Morgan fingerprint density at radius 1 is 0.676 bits per heavy atom. The minimum absolute atomic E-state index is 0.208. The maximum absolute atomic E-state index is 12.9. The van der Waals surface area contributed by atoms with Gasteiger partial charge >= 0.3 is 7.12 Å². The average Bonchev–Trinajstić information content (AvgIpc) is 3.46. The third-order valence-corrected chi connectivity index (χ3v) is 7.23. The van der Waals surface area contributed by atoms with Crippen LogP contribution in [0.1, 0.15) is 0 Å². The average molecular weight is 720 g/mol. The zero-order valence-corrected chi connectivity index (χ0v) is 23.6. The fourth-order valence-electron chi connectivity index (χ4n) is 3.62. The Morgan fingerprint density at radius 2 is 1.24 bits per heavy atom. The Labute approximate surface area is 240 Å². The summed E-state index contributed by atoms with van der Waals surface area (Å²) in [5, 5.41) is 19.6. The topological polar surface area (TPSA) is 61.2 Å². The van der Waals surface area contributed by atoms with E-state index in [0.29, 0.717) is 5.46 Å². The number of rotatable bonds is 2. The van der Waals surface area contributed by atoms with Crippen LogP contribution in [0.5, 0.6) is 0 Å². The number of nitrogens with one attached hydrogen (secondary N) is 1. The van der Waals surface area contributed by atoms with Crippen molar-refractivity contribution < 1.29 is 18.8 Å². The van der Waals surface area contributed by atoms with Gasteiger partial charge in [-0.2, -0.15) is 0 Å². The van der Waals surface area contributed by atoms with Gasteiger partial charge in [0.05, 0.1) is 5.52 Å². The SMILES string of the molecule is Fc1ccc(-n2cc(I)c3ccccc32)cc1.Ic1c[nH]c2ccccc12.OB(O)c1ccc(F)cc1. The molecule has 0 amide bonds. The standard InChI is InChI=1S/C14H9FIN.C8H6IN.C6H6BFO2/c15-10-5-7-11(8-6-10)17-9-13(16)12-3-1-2-4-14(12)17;9-7-5-10-8-4-2-1-3-6(7)8;8-6-3-1-5(2-4-6)7(9)10/h1-9H;1-5,10H;1-4,9-10H. The quantitative estimate of drug-likeness (QED) is 0.139. The summed E-state index contributed by atoms with van der Waals surface area (Å²) in [5.74, 6) is -0.593. The zero-order chi connectivity index (χ0) is 26.4. The summed E-state index contributed by atoms with van der Waals surface area (Å²) in [6, 6.07) is 28.0. The number of H-pyrrole nitrogens is 1. The molecule has 0 atom stereocenters. The first-order chi connectivity index (χ1) is 17.8. The Bertz CT molecular complexity index is 1600. The molecule has 0 spiro atoms. The number of fused-ring (bicyclic) bond motifs is 2. The summed E-state index contributed by atoms with van der Waals surface area (Å²) in [6.45, 7) is 0. The van der Waals surface area contributed by atoms with E-state index in [-0.39, 0.29) is 11.6 Å². The third-order valence-electron chi connectivity index (χ3n) is 5.48. The Morgan fingerprint density at radius 3 is 1.86 bits per heavy atom. The van der Waals surface area contributed by atoms with E-state index in [9.17, 15) is 8.78 Å². The van der Waals surface area contributed by atoms with Gasteiger partial charge in [0, 0.05) is 41.5 Å². The van der Waals surface area contributed by atoms with E-state index < -0.39 is 7.12 Å². The normalized spacial score (nSPS) is 10.4. The molecule has 0 radical (unpaired) electrons. The third kappa shape index (κ3) is 6.98. The molecule has 0 aliphatic heterocycles. The first kappa shape index (κ1) is 27.3. The summed E-state index contributed by atoms with van der Waals surface area (Å²) < 4.78 is 29.7. The highest BCUT2D eigenvalue weighted by Crippen LogP contribution is 2.26. The second-order valence-electron chi connectivity index (χ2n) is 7.95. The number of para-hydroxylation sites is 2. The molecular formula is C28H21BF2I2N2O2. The van der Waals surface area contributed by atoms with E-state index in [2.05, 4.69) is 91.3 Å². The van der Waals surface area contributed by atoms with E-state index >= 15 is 0 Å². The van der Waals surface area contributed by atoms with Gasteiger partial charge in [-0.25, -0.2) is 8.78 Å². The highest BCUT2D eigenvalue weighted by atomic mass is 127. The summed E-state index contributed by atoms with van der Waals surface area (Å²) >= 11 is 4.64. The van der Waals surface area contributed by atoms with E-state index in [1.165, 1.54) is 59.8 Å². The van der Waals surface area contributed by atoms with Crippen molar-refractivity contribution in [1.82, 2.24) is 9.55 Å². The number of nitrogens with zero attached hydrogens (tertiary/aromatic N) is 1. The fraction of sp³-hybridized carbons (Fsp3) is 0. The molecule has 4 nitrogen and oxygen atoms in total. The van der Waals surface area contributed by atoms with Gasteiger partial charge in [-0.05, 0) is 99.2 Å². The molecule has 2 heterocycles. The number of halogens is 4. The van der Waals surface area contributed by atoms with Crippen LogP contribution < -0.4 is 5.46 Å². The van der Waals surface area contributed by atoms with Gasteiger partial charge in [0.1, 0.15) is 11.6 Å². The molecule has 37 heavy (non-hydrogen) atoms. The highest BCUT2D eigenvalue weighted by Gasteiger charge is 2.09. The molecule has 2 aromatic heterocycles. The zero-order valence-electron chi connectivity index (χ0n) is 19.3. The second kappa shape index (κ2) is 12.7. The van der Waals surface area contributed by atoms with Crippen LogP contribution >= 0.6 is 45.2 Å². The van der Waals surface area contributed by atoms with Crippen molar-refractivity contribution in [1.29, 1.82) is 0 Å². The number of aromatic amines is 1. The van der Waals surface area contributed by atoms with Crippen LogP contribution in [0.2, 0.25) is 0 Å². The van der Waals surface area contributed by atoms with Gasteiger partial charge in [0.2, 0.25) is 0 Å². The predicted octanol–water partition coefficient (Wildman–Crippen LogP) is 6.65. The van der Waals surface area contributed by atoms with Crippen molar-refractivity contribution in [3.63, 3.8) is 0 Å². The Balaban J connectivity index is 0.000000138. The number of benzene rings is 4. The van der Waals surface area contributed by atoms with Gasteiger partial charge < -0.3 is 19.6 Å². The van der Waals surface area contributed by atoms with Crippen LogP contribution in [-0.2, 0) is 0 Å². The smallest absolute Gasteiger partial charge is 0.423 e. The predicted molar refractivity (Wildman–Crippen MR) is 163 cm³/mol. The largest absolute Gasteiger partial charge is 0.488 e. The minimum atomic E-state index is -1.51. The molecule has 0 bridgehead atoms. The van der Waals surface area contributed by atoms with Crippen molar-refractivity contribution >= 4 is 79.6 Å². The highest BCUT2D eigenvalue weighted by molar-refractivity contribution is 14.1. The summed E-state index contributed by atoms with van der Waals surface area (Å²) in [5.41, 5.74) is 3.63. The number of aromatic nitrogens is 2. The van der Waals surface area contributed by atoms with Crippen molar-refractivity contribution in [3.8, 4) is 5.69 Å². The van der Waals surface area contributed by atoms with E-state index in [1.54, 1.807) is 12.1 Å². The van der Waals surface area contributed by atoms with Crippen LogP contribution in [0.25, 0.3) is 27.5 Å². The lowest BCUT2D eigenvalue weighted by Gasteiger charge is -2.04. The summed E-state index contributed by atoms with van der Waals surface area (Å²) in [7, 11) is -1.51. The van der Waals surface area contributed by atoms with E-state index in [1.807, 2.05) is 24.4 Å². The van der Waals surface area contributed by atoms with E-state index in [4.69, 9.17) is 10.0 Å². The number of hydrogen-bond donors (Lipinski definition) is 3. The second-order valence-corrected chi connectivity index (χ2v) is 10.3. The molecule has 0 fully saturated rings. The lowest BCUT2D eigenvalue weighted by Crippen LogP contribution is -2.29. The lowest BCUT2D eigenvalue weighted by atomic mass is 9.80. The van der Waals surface area contributed by atoms with Crippen molar-refractivity contribution in [2.24, 2.45) is 0 Å². The van der Waals surface area contributed by atoms with E-state index in [0.717, 1.165) is 11.2 Å². The van der Waals surface area contributed by atoms with Crippen LogP contribution in [0, 0.1) is 18.8 Å². The molecule has 0 aliphatic carbocycles. The molecule has 9 heteroatoms. The first-order valence-corrected chi connectivity index (χ1v) is 13.3. The summed E-state index contributed by atoms with van der Waals surface area (Å²) in [4.78, 5) is 3.18. The van der Waals surface area contributed by atoms with Crippen molar-refractivity contribution in [2.45, 2.75) is 0 Å². The molecule has 0 saturated carbocycles. The van der Waals surface area contributed by atoms with Gasteiger partial charge in [0.25, 0.3) is 0 Å². The Kier molecular flexibility index (Phi) is 9.36. The van der Waals surface area contributed by atoms with Crippen LogP contribution in [-0.4, -0.2) is 26.7 Å². The van der Waals surface area contributed by atoms with Gasteiger partial charge in [0.15, 0.2) is 0 Å². The number of hydrogen-bond acceptors (Lipinski definition) is 2. The maximum atomic E-state index is 12.9. The summed E-state index contributed by atoms with van der Waals surface area (Å²) in [6.07, 6.45) is 4.09. The van der Waals surface area contributed by atoms with Crippen LogP contribution in [0.15, 0.2) is 109 Å². The van der Waals surface area contributed by atoms with Crippen LogP contribution in [0.4, 0.5) is 8.78 Å². The van der Waals surface area contributed by atoms with Gasteiger partial charge in [-0.15, -0.1) is 0 Å². The van der Waals surface area contributed by atoms with Crippen molar-refractivity contribution in [2.75, 3.05) is 0 Å². The molecule has 0 aliphatic rings. The molecule has 4 aromatic carbocycles. The molecule has 0 unspecified atom stereocenters. The molecule has 6 aromatic rings. The Hall–Kier alpha value is -2.74. The molecule has 6 rings (SSSR count). The molecular weight excluding hydrogens is 699 g/mol. The maximum Gasteiger partial charge on any atom is 0.488 e. The lowest BCUT2D eigenvalue weighted by molar-refractivity contribution is 0.425. The minimum Gasteiger partial charge on any atom is -0.423 e. The van der Waals surface area contributed by atoms with Gasteiger partial charge in [-0.3, -0.25) is 0 Å². The molecule has 186 valence electrons. The molecule has 0 saturated heterocycles. The van der Waals surface area contributed by atoms with Crippen molar-refractivity contribution in [3.05, 3.63) is 128 Å².